The topological polar surface area (TPSA) is 127 Å². The Morgan fingerprint density at radius 3 is 2.49 bits per heavy atom. The lowest BCUT2D eigenvalue weighted by Gasteiger charge is -2.42. The Kier molecular flexibility index (Phi) is 7.96. The molecule has 1 aromatic rings. The fourth-order valence-electron chi connectivity index (χ4n) is 4.85. The fraction of sp³-hybridized carbons (Fsp3) is 0.704. The van der Waals surface area contributed by atoms with Gasteiger partial charge in [-0.3, -0.25) is 9.59 Å². The standard InChI is InChI=1S/C27H41N5O5/c1-16(2)11-32(21-8-19(24(28)33)12-31(13-21)26(35)37-27(3,4)5)25(34)23-22(30-20-14-36-15-20)9-18(10-29-23)17-6-7-17/h9-10,16-17,19-21,30H,6-8,11-15H2,1-5H3,(H2,28,33)/t19-,21+/m1/s1. The van der Waals surface area contributed by atoms with Crippen molar-refractivity contribution in [3.05, 3.63) is 23.5 Å². The molecule has 2 atom stereocenters. The Labute approximate surface area is 219 Å². The normalized spacial score (nSPS) is 22.4. The summed E-state index contributed by atoms with van der Waals surface area (Å²) in [5, 5.41) is 3.45. The lowest BCUT2D eigenvalue weighted by atomic mass is 9.92. The number of ether oxygens (including phenoxy) is 2. The van der Waals surface area contributed by atoms with Crippen LogP contribution in [0.5, 0.6) is 0 Å². The molecule has 3 fully saturated rings. The Morgan fingerprint density at radius 2 is 1.95 bits per heavy atom. The summed E-state index contributed by atoms with van der Waals surface area (Å²) in [4.78, 5) is 47.2. The lowest BCUT2D eigenvalue weighted by molar-refractivity contribution is -0.124. The van der Waals surface area contributed by atoms with Crippen LogP contribution in [0.1, 0.15) is 75.9 Å². The minimum absolute atomic E-state index is 0.137. The molecule has 3 amide bonds. The van der Waals surface area contributed by atoms with E-state index in [-0.39, 0.29) is 31.0 Å². The van der Waals surface area contributed by atoms with Crippen molar-refractivity contribution < 1.29 is 23.9 Å². The molecule has 0 bridgehead atoms. The molecule has 204 valence electrons. The molecule has 10 heteroatoms. The summed E-state index contributed by atoms with van der Waals surface area (Å²) in [5.41, 5.74) is 7.22. The fourth-order valence-corrected chi connectivity index (χ4v) is 4.85. The first-order valence-corrected chi connectivity index (χ1v) is 13.3. The molecule has 1 aliphatic carbocycles. The van der Waals surface area contributed by atoms with Crippen molar-refractivity contribution in [2.45, 2.75) is 77.5 Å². The maximum absolute atomic E-state index is 14.1. The number of nitrogens with two attached hydrogens (primary N) is 1. The van der Waals surface area contributed by atoms with E-state index < -0.39 is 29.6 Å². The van der Waals surface area contributed by atoms with E-state index >= 15 is 0 Å². The zero-order valence-electron chi connectivity index (χ0n) is 22.7. The van der Waals surface area contributed by atoms with Crippen LogP contribution >= 0.6 is 0 Å². The highest BCUT2D eigenvalue weighted by atomic mass is 16.6. The summed E-state index contributed by atoms with van der Waals surface area (Å²) in [6.45, 7) is 11.5. The molecule has 0 unspecified atom stereocenters. The molecule has 3 N–H and O–H groups in total. The number of rotatable bonds is 8. The van der Waals surface area contributed by atoms with Crippen molar-refractivity contribution in [3.63, 3.8) is 0 Å². The molecule has 10 nitrogen and oxygen atoms in total. The average molecular weight is 516 g/mol. The van der Waals surface area contributed by atoms with Crippen molar-refractivity contribution in [3.8, 4) is 0 Å². The smallest absolute Gasteiger partial charge is 0.410 e. The third-order valence-corrected chi connectivity index (χ3v) is 6.90. The van der Waals surface area contributed by atoms with Crippen LogP contribution in [-0.2, 0) is 14.3 Å². The van der Waals surface area contributed by atoms with Crippen molar-refractivity contribution in [2.75, 3.05) is 38.2 Å². The van der Waals surface area contributed by atoms with Gasteiger partial charge in [0, 0.05) is 25.8 Å². The average Bonchev–Trinajstić information content (AvgIpc) is 3.63. The van der Waals surface area contributed by atoms with Crippen LogP contribution in [0.15, 0.2) is 12.3 Å². The number of anilines is 1. The number of carbonyl (C=O) groups excluding carboxylic acids is 3. The van der Waals surface area contributed by atoms with Crippen LogP contribution < -0.4 is 11.1 Å². The van der Waals surface area contributed by atoms with E-state index in [0.29, 0.717) is 43.5 Å². The van der Waals surface area contributed by atoms with E-state index in [9.17, 15) is 14.4 Å². The maximum atomic E-state index is 14.1. The zero-order valence-corrected chi connectivity index (χ0v) is 22.7. The number of hydrogen-bond donors (Lipinski definition) is 2. The highest BCUT2D eigenvalue weighted by molar-refractivity contribution is 5.98. The highest BCUT2D eigenvalue weighted by Gasteiger charge is 2.40. The van der Waals surface area contributed by atoms with E-state index in [2.05, 4.69) is 10.3 Å². The molecule has 1 saturated carbocycles. The molecule has 0 radical (unpaired) electrons. The summed E-state index contributed by atoms with van der Waals surface area (Å²) >= 11 is 0. The third kappa shape index (κ3) is 6.91. The summed E-state index contributed by atoms with van der Waals surface area (Å²) < 4.78 is 10.9. The predicted octanol–water partition coefficient (Wildman–Crippen LogP) is 2.98. The number of hydrogen-bond acceptors (Lipinski definition) is 7. The van der Waals surface area contributed by atoms with Gasteiger partial charge in [-0.15, -0.1) is 0 Å². The molecule has 0 spiro atoms. The molecule has 0 aromatic carbocycles. The van der Waals surface area contributed by atoms with Gasteiger partial charge in [0.25, 0.3) is 5.91 Å². The van der Waals surface area contributed by atoms with Gasteiger partial charge < -0.3 is 30.3 Å². The molecular formula is C27H41N5O5. The van der Waals surface area contributed by atoms with Crippen molar-refractivity contribution in [2.24, 2.45) is 17.6 Å². The summed E-state index contributed by atoms with van der Waals surface area (Å²) in [6, 6.07) is 1.78. The van der Waals surface area contributed by atoms with Crippen LogP contribution in [0.2, 0.25) is 0 Å². The predicted molar refractivity (Wildman–Crippen MR) is 139 cm³/mol. The van der Waals surface area contributed by atoms with Gasteiger partial charge in [-0.2, -0.15) is 0 Å². The first-order chi connectivity index (χ1) is 17.4. The van der Waals surface area contributed by atoms with Crippen molar-refractivity contribution in [1.82, 2.24) is 14.8 Å². The molecule has 37 heavy (non-hydrogen) atoms. The van der Waals surface area contributed by atoms with Gasteiger partial charge in [0.2, 0.25) is 5.91 Å². The first kappa shape index (κ1) is 27.2. The summed E-state index contributed by atoms with van der Waals surface area (Å²) in [7, 11) is 0. The van der Waals surface area contributed by atoms with Gasteiger partial charge in [-0.25, -0.2) is 9.78 Å². The van der Waals surface area contributed by atoms with E-state index in [1.54, 1.807) is 31.9 Å². The Balaban J connectivity index is 1.63. The molecule has 3 aliphatic rings. The highest BCUT2D eigenvalue weighted by Crippen LogP contribution is 2.41. The van der Waals surface area contributed by atoms with E-state index in [4.69, 9.17) is 15.2 Å². The van der Waals surface area contributed by atoms with Crippen LogP contribution in [0, 0.1) is 11.8 Å². The molecule has 1 aromatic heterocycles. The molecular weight excluding hydrogens is 474 g/mol. The van der Waals surface area contributed by atoms with Gasteiger partial charge in [0.05, 0.1) is 36.9 Å². The minimum atomic E-state index is -0.682. The van der Waals surface area contributed by atoms with Gasteiger partial charge in [0.15, 0.2) is 5.69 Å². The number of aromatic nitrogens is 1. The largest absolute Gasteiger partial charge is 0.444 e. The van der Waals surface area contributed by atoms with Crippen molar-refractivity contribution in [1.29, 1.82) is 0 Å². The molecule has 4 rings (SSSR count). The van der Waals surface area contributed by atoms with E-state index in [1.807, 2.05) is 19.9 Å². The van der Waals surface area contributed by atoms with Crippen LogP contribution in [-0.4, -0.2) is 83.2 Å². The monoisotopic (exact) mass is 515 g/mol. The quantitative estimate of drug-likeness (QED) is 0.545. The first-order valence-electron chi connectivity index (χ1n) is 13.3. The van der Waals surface area contributed by atoms with Crippen LogP contribution in [0.3, 0.4) is 0 Å². The van der Waals surface area contributed by atoms with Crippen LogP contribution in [0.4, 0.5) is 10.5 Å². The minimum Gasteiger partial charge on any atom is -0.444 e. The van der Waals surface area contributed by atoms with Crippen LogP contribution in [0.25, 0.3) is 0 Å². The Hall–Kier alpha value is -2.88. The Bertz CT molecular complexity index is 1010. The molecule has 2 saturated heterocycles. The Morgan fingerprint density at radius 1 is 1.24 bits per heavy atom. The zero-order chi connectivity index (χ0) is 26.9. The summed E-state index contributed by atoms with van der Waals surface area (Å²) in [5.74, 6) is -0.634. The van der Waals surface area contributed by atoms with E-state index in [1.165, 1.54) is 4.90 Å². The number of carbonyl (C=O) groups is 3. The second kappa shape index (κ2) is 10.8. The number of pyridine rings is 1. The molecule has 3 heterocycles. The van der Waals surface area contributed by atoms with Gasteiger partial charge in [-0.1, -0.05) is 13.8 Å². The van der Waals surface area contributed by atoms with Crippen molar-refractivity contribution >= 4 is 23.6 Å². The second-order valence-electron chi connectivity index (χ2n) is 12.0. The number of piperidine rings is 1. The lowest BCUT2D eigenvalue weighted by Crippen LogP contribution is -2.57. The van der Waals surface area contributed by atoms with E-state index in [0.717, 1.165) is 18.4 Å². The van der Waals surface area contributed by atoms with Gasteiger partial charge in [0.1, 0.15) is 5.60 Å². The maximum Gasteiger partial charge on any atom is 0.410 e. The van der Waals surface area contributed by atoms with Gasteiger partial charge >= 0.3 is 6.09 Å². The number of primary amides is 1. The number of amides is 3. The molecule has 2 aliphatic heterocycles. The third-order valence-electron chi connectivity index (χ3n) is 6.90. The second-order valence-corrected chi connectivity index (χ2v) is 12.0. The van der Waals surface area contributed by atoms with Gasteiger partial charge in [-0.05, 0) is 63.5 Å². The number of nitrogens with zero attached hydrogens (tertiary/aromatic N) is 3. The SMILES string of the molecule is CC(C)CN(C(=O)c1ncc(C2CC2)cc1NC1COC1)[C@H]1C[C@@H](C(N)=O)CN(C(=O)OC(C)(C)C)C1. The number of likely N-dealkylation sites (tertiary alicyclic amines) is 1. The number of nitrogens with one attached hydrogen (secondary N) is 1. The summed E-state index contributed by atoms with van der Waals surface area (Å²) in [6.07, 6.45) is 3.95.